The van der Waals surface area contributed by atoms with Crippen molar-refractivity contribution in [2.45, 2.75) is 39.3 Å². The zero-order chi connectivity index (χ0) is 21.3. The lowest BCUT2D eigenvalue weighted by atomic mass is 10.2. The summed E-state index contributed by atoms with van der Waals surface area (Å²) in [5.41, 5.74) is -1.46. The Morgan fingerprint density at radius 2 is 1.93 bits per heavy atom. The van der Waals surface area contributed by atoms with Gasteiger partial charge in [0.1, 0.15) is 11.6 Å². The van der Waals surface area contributed by atoms with Gasteiger partial charge in [-0.3, -0.25) is 18.8 Å². The number of aromatic nitrogens is 3. The van der Waals surface area contributed by atoms with Crippen LogP contribution in [0.3, 0.4) is 0 Å². The van der Waals surface area contributed by atoms with Crippen molar-refractivity contribution in [1.29, 1.82) is 0 Å². The molecule has 0 fully saturated rings. The van der Waals surface area contributed by atoms with E-state index in [0.29, 0.717) is 0 Å². The minimum absolute atomic E-state index is 0.0336. The van der Waals surface area contributed by atoms with Gasteiger partial charge in [-0.2, -0.15) is 5.10 Å². The highest BCUT2D eigenvalue weighted by Gasteiger charge is 2.20. The Hall–Kier alpha value is -3.17. The molecular formula is C19H18F4N4O2. The fourth-order valence-corrected chi connectivity index (χ4v) is 2.86. The van der Waals surface area contributed by atoms with Gasteiger partial charge in [-0.25, -0.2) is 17.6 Å². The molecule has 0 aliphatic heterocycles. The monoisotopic (exact) mass is 410 g/mol. The highest BCUT2D eigenvalue weighted by molar-refractivity contribution is 5.90. The predicted octanol–water partition coefficient (Wildman–Crippen LogP) is 4.02. The highest BCUT2D eigenvalue weighted by atomic mass is 19.3. The van der Waals surface area contributed by atoms with Gasteiger partial charge >= 0.3 is 0 Å². The van der Waals surface area contributed by atoms with Crippen molar-refractivity contribution in [2.75, 3.05) is 5.32 Å². The molecule has 0 saturated heterocycles. The number of carbonyl (C=O) groups is 1. The molecule has 1 amide bonds. The first-order valence-electron chi connectivity index (χ1n) is 8.83. The van der Waals surface area contributed by atoms with Crippen LogP contribution in [0.5, 0.6) is 0 Å². The number of rotatable bonds is 6. The van der Waals surface area contributed by atoms with Crippen LogP contribution in [0.4, 0.5) is 23.2 Å². The average molecular weight is 410 g/mol. The number of hydrogen-bond donors (Lipinski definition) is 1. The number of aryl methyl sites for hydroxylation is 1. The summed E-state index contributed by atoms with van der Waals surface area (Å²) < 4.78 is 56.1. The molecule has 1 N–H and O–H groups in total. The Morgan fingerprint density at radius 3 is 2.59 bits per heavy atom. The van der Waals surface area contributed by atoms with Crippen LogP contribution in [-0.2, 0) is 11.3 Å². The normalized spacial score (nSPS) is 11.6. The van der Waals surface area contributed by atoms with Crippen molar-refractivity contribution in [1.82, 2.24) is 14.3 Å². The Labute approximate surface area is 162 Å². The smallest absolute Gasteiger partial charge is 0.264 e. The number of carbonyl (C=O) groups excluding carboxylic acids is 1. The largest absolute Gasteiger partial charge is 0.323 e. The van der Waals surface area contributed by atoms with Crippen molar-refractivity contribution in [3.05, 3.63) is 58.0 Å². The summed E-state index contributed by atoms with van der Waals surface area (Å²) in [6.45, 7) is 3.44. The lowest BCUT2D eigenvalue weighted by molar-refractivity contribution is -0.116. The molecule has 3 aromatic rings. The van der Waals surface area contributed by atoms with Crippen LogP contribution in [0.2, 0.25) is 0 Å². The summed E-state index contributed by atoms with van der Waals surface area (Å²) in [6.07, 6.45) is -1.70. The summed E-state index contributed by atoms with van der Waals surface area (Å²) >= 11 is 0. The molecule has 0 aliphatic rings. The van der Waals surface area contributed by atoms with Gasteiger partial charge < -0.3 is 5.32 Å². The van der Waals surface area contributed by atoms with Gasteiger partial charge in [-0.1, -0.05) is 0 Å². The van der Waals surface area contributed by atoms with E-state index < -0.39 is 35.1 Å². The summed E-state index contributed by atoms with van der Waals surface area (Å²) in [4.78, 5) is 24.5. The van der Waals surface area contributed by atoms with Crippen molar-refractivity contribution in [3.63, 3.8) is 0 Å². The molecule has 0 spiro atoms. The van der Waals surface area contributed by atoms with Crippen LogP contribution in [0.25, 0.3) is 11.0 Å². The van der Waals surface area contributed by atoms with Crippen LogP contribution in [0, 0.1) is 11.6 Å². The molecule has 0 aliphatic carbocycles. The molecule has 0 radical (unpaired) electrons. The second-order valence-electron chi connectivity index (χ2n) is 6.75. The van der Waals surface area contributed by atoms with Gasteiger partial charge in [0.2, 0.25) is 5.91 Å². The maximum absolute atomic E-state index is 13.6. The number of pyridine rings is 1. The number of alkyl halides is 2. The van der Waals surface area contributed by atoms with Gasteiger partial charge in [-0.05, 0) is 26.0 Å². The van der Waals surface area contributed by atoms with Crippen LogP contribution >= 0.6 is 0 Å². The second kappa shape index (κ2) is 8.06. The van der Waals surface area contributed by atoms with Crippen molar-refractivity contribution < 1.29 is 22.4 Å². The first-order valence-corrected chi connectivity index (χ1v) is 8.83. The molecule has 6 nitrogen and oxygen atoms in total. The number of fused-ring (bicyclic) bond motifs is 1. The minimum Gasteiger partial charge on any atom is -0.323 e. The van der Waals surface area contributed by atoms with E-state index in [9.17, 15) is 27.2 Å². The summed E-state index contributed by atoms with van der Waals surface area (Å²) in [5.74, 6) is -2.20. The van der Waals surface area contributed by atoms with Crippen LogP contribution in [-0.4, -0.2) is 20.3 Å². The fraction of sp³-hybridized carbons (Fsp3) is 0.316. The topological polar surface area (TPSA) is 68.9 Å². The Bertz CT molecular complexity index is 1120. The minimum atomic E-state index is -2.86. The number of anilines is 1. The summed E-state index contributed by atoms with van der Waals surface area (Å²) in [7, 11) is 0. The van der Waals surface area contributed by atoms with Crippen LogP contribution in [0.1, 0.15) is 38.3 Å². The van der Waals surface area contributed by atoms with Crippen molar-refractivity contribution in [3.8, 4) is 0 Å². The third kappa shape index (κ3) is 4.30. The maximum atomic E-state index is 13.6. The maximum Gasteiger partial charge on any atom is 0.264 e. The summed E-state index contributed by atoms with van der Waals surface area (Å²) in [6, 6.07) is 3.32. The Kier molecular flexibility index (Phi) is 5.71. The lowest BCUT2D eigenvalue weighted by Crippen LogP contribution is -2.24. The predicted molar refractivity (Wildman–Crippen MR) is 98.9 cm³/mol. The molecule has 29 heavy (non-hydrogen) atoms. The van der Waals surface area contributed by atoms with Gasteiger partial charge in [-0.15, -0.1) is 0 Å². The SMILES string of the molecule is CC(C)n1cc2c(C(F)F)cc(=O)n(CCC(=O)Nc3cc(F)ccc3F)c2n1. The highest BCUT2D eigenvalue weighted by Crippen LogP contribution is 2.26. The zero-order valence-electron chi connectivity index (χ0n) is 15.6. The van der Waals surface area contributed by atoms with Crippen molar-refractivity contribution >= 4 is 22.6 Å². The zero-order valence-corrected chi connectivity index (χ0v) is 15.6. The lowest BCUT2D eigenvalue weighted by Gasteiger charge is -2.10. The third-order valence-corrected chi connectivity index (χ3v) is 4.35. The molecule has 2 heterocycles. The van der Waals surface area contributed by atoms with Gasteiger partial charge in [0.15, 0.2) is 5.65 Å². The molecular weight excluding hydrogens is 392 g/mol. The molecule has 2 aromatic heterocycles. The molecule has 10 heteroatoms. The van der Waals surface area contributed by atoms with E-state index in [-0.39, 0.29) is 35.7 Å². The first-order chi connectivity index (χ1) is 13.7. The molecule has 0 bridgehead atoms. The van der Waals surface area contributed by atoms with E-state index >= 15 is 0 Å². The third-order valence-electron chi connectivity index (χ3n) is 4.35. The van der Waals surface area contributed by atoms with E-state index in [1.54, 1.807) is 13.8 Å². The van der Waals surface area contributed by atoms with E-state index in [4.69, 9.17) is 0 Å². The number of halogens is 4. The average Bonchev–Trinajstić information content (AvgIpc) is 3.08. The number of benzene rings is 1. The number of hydrogen-bond acceptors (Lipinski definition) is 3. The Morgan fingerprint density at radius 1 is 1.21 bits per heavy atom. The number of nitrogens with zero attached hydrogens (tertiary/aromatic N) is 3. The standard InChI is InChI=1S/C19H18F4N4O2/c1-10(2)27-9-13-12(18(22)23)8-17(29)26(19(13)25-27)6-5-16(28)24-15-7-11(20)3-4-14(15)21/h3-4,7-10,18H,5-6H2,1-2H3,(H,24,28). The molecule has 0 unspecified atom stereocenters. The van der Waals surface area contributed by atoms with Crippen molar-refractivity contribution in [2.24, 2.45) is 0 Å². The first kappa shape index (κ1) is 20.6. The second-order valence-corrected chi connectivity index (χ2v) is 6.75. The summed E-state index contributed by atoms with van der Waals surface area (Å²) in [5, 5.41) is 6.55. The number of amides is 1. The molecule has 1 aromatic carbocycles. The van der Waals surface area contributed by atoms with Crippen LogP contribution < -0.4 is 10.9 Å². The molecule has 0 atom stereocenters. The van der Waals surface area contributed by atoms with Gasteiger partial charge in [0, 0.05) is 48.3 Å². The molecule has 154 valence electrons. The number of nitrogens with one attached hydrogen (secondary N) is 1. The molecule has 0 saturated carbocycles. The van der Waals surface area contributed by atoms with Crippen LogP contribution in [0.15, 0.2) is 35.3 Å². The van der Waals surface area contributed by atoms with Gasteiger partial charge in [0.05, 0.1) is 5.69 Å². The van der Waals surface area contributed by atoms with E-state index in [1.807, 2.05) is 0 Å². The van der Waals surface area contributed by atoms with E-state index in [2.05, 4.69) is 10.4 Å². The van der Waals surface area contributed by atoms with E-state index in [0.717, 1.165) is 28.8 Å². The van der Waals surface area contributed by atoms with E-state index in [1.165, 1.54) is 10.9 Å². The quantitative estimate of drug-likeness (QED) is 0.624. The fourth-order valence-electron chi connectivity index (χ4n) is 2.86. The molecule has 3 rings (SSSR count). The Balaban J connectivity index is 1.89. The van der Waals surface area contributed by atoms with Gasteiger partial charge in [0.25, 0.3) is 12.0 Å².